The second-order valence-corrected chi connectivity index (χ2v) is 4.84. The molecule has 1 atom stereocenters. The van der Waals surface area contributed by atoms with E-state index in [4.69, 9.17) is 11.0 Å². The Labute approximate surface area is 105 Å². The molecular formula is C12H16BrN3. The average Bonchev–Trinajstić information content (AvgIpc) is 2.23. The van der Waals surface area contributed by atoms with Gasteiger partial charge in [0.05, 0.1) is 18.2 Å². The number of nitrogens with zero attached hydrogens (tertiary/aromatic N) is 2. The van der Waals surface area contributed by atoms with E-state index in [0.29, 0.717) is 6.42 Å². The zero-order chi connectivity index (χ0) is 12.3. The number of hydrogen-bond donors (Lipinski definition) is 1. The Bertz CT molecular complexity index is 423. The number of hydrogen-bond acceptors (Lipinski definition) is 3. The molecule has 2 N–H and O–H groups in total. The summed E-state index contributed by atoms with van der Waals surface area (Å²) in [4.78, 5) is 2.08. The van der Waals surface area contributed by atoms with Crippen molar-refractivity contribution in [3.8, 4) is 6.07 Å². The molecule has 1 aromatic rings. The van der Waals surface area contributed by atoms with Crippen molar-refractivity contribution in [2.45, 2.75) is 26.3 Å². The van der Waals surface area contributed by atoms with E-state index in [0.717, 1.165) is 21.4 Å². The van der Waals surface area contributed by atoms with Gasteiger partial charge in [0, 0.05) is 23.2 Å². The zero-order valence-corrected chi connectivity index (χ0v) is 11.4. The van der Waals surface area contributed by atoms with E-state index in [-0.39, 0.29) is 6.04 Å². The van der Waals surface area contributed by atoms with Gasteiger partial charge in [0.2, 0.25) is 0 Å². The van der Waals surface area contributed by atoms with E-state index >= 15 is 0 Å². The monoisotopic (exact) mass is 281 g/mol. The lowest BCUT2D eigenvalue weighted by atomic mass is 10.1. The van der Waals surface area contributed by atoms with Gasteiger partial charge in [0.25, 0.3) is 0 Å². The second-order valence-electron chi connectivity index (χ2n) is 3.98. The van der Waals surface area contributed by atoms with Gasteiger partial charge in [0.15, 0.2) is 0 Å². The summed E-state index contributed by atoms with van der Waals surface area (Å²) in [7, 11) is 1.98. The smallest absolute Gasteiger partial charge is 0.0643 e. The molecule has 0 aliphatic carbocycles. The third-order valence-electron chi connectivity index (χ3n) is 2.76. The second kappa shape index (κ2) is 5.22. The molecule has 0 radical (unpaired) electrons. The van der Waals surface area contributed by atoms with Gasteiger partial charge in [-0.05, 0) is 47.5 Å². The van der Waals surface area contributed by atoms with Crippen LogP contribution in [0.2, 0.25) is 0 Å². The minimum Gasteiger partial charge on any atom is -0.398 e. The van der Waals surface area contributed by atoms with Crippen molar-refractivity contribution in [3.63, 3.8) is 0 Å². The molecule has 0 amide bonds. The van der Waals surface area contributed by atoms with Gasteiger partial charge in [0.1, 0.15) is 0 Å². The Kier molecular flexibility index (Phi) is 4.19. The van der Waals surface area contributed by atoms with Crippen molar-refractivity contribution in [1.29, 1.82) is 5.26 Å². The lowest BCUT2D eigenvalue weighted by Crippen LogP contribution is -2.28. The van der Waals surface area contributed by atoms with Crippen LogP contribution < -0.4 is 10.6 Å². The molecule has 0 spiro atoms. The van der Waals surface area contributed by atoms with E-state index in [9.17, 15) is 0 Å². The molecule has 0 aliphatic rings. The Balaban J connectivity index is 3.04. The van der Waals surface area contributed by atoms with Gasteiger partial charge in [-0.25, -0.2) is 0 Å². The van der Waals surface area contributed by atoms with Crippen LogP contribution >= 0.6 is 15.9 Å². The number of nitriles is 1. The van der Waals surface area contributed by atoms with Gasteiger partial charge in [-0.1, -0.05) is 0 Å². The summed E-state index contributed by atoms with van der Waals surface area (Å²) in [5, 5.41) is 8.69. The predicted octanol–water partition coefficient (Wildman–Crippen LogP) is 3.08. The van der Waals surface area contributed by atoms with Crippen LogP contribution in [0.5, 0.6) is 0 Å². The summed E-state index contributed by atoms with van der Waals surface area (Å²) in [6, 6.07) is 6.30. The Hall–Kier alpha value is -1.21. The molecule has 0 heterocycles. The normalized spacial score (nSPS) is 11.9. The number of nitrogen functional groups attached to an aromatic ring is 1. The van der Waals surface area contributed by atoms with Crippen LogP contribution in [0, 0.1) is 18.3 Å². The van der Waals surface area contributed by atoms with Crippen molar-refractivity contribution in [3.05, 3.63) is 22.2 Å². The minimum atomic E-state index is 0.185. The maximum atomic E-state index is 8.69. The molecule has 0 aromatic heterocycles. The molecule has 3 nitrogen and oxygen atoms in total. The fourth-order valence-corrected chi connectivity index (χ4v) is 2.10. The highest BCUT2D eigenvalue weighted by Crippen LogP contribution is 2.31. The number of halogens is 1. The molecule has 1 rings (SSSR count). The predicted molar refractivity (Wildman–Crippen MR) is 71.4 cm³/mol. The fraction of sp³-hybridized carbons (Fsp3) is 0.417. The first-order valence-corrected chi connectivity index (χ1v) is 5.92. The Morgan fingerprint density at radius 2 is 2.19 bits per heavy atom. The summed E-state index contributed by atoms with van der Waals surface area (Å²) in [5.41, 5.74) is 8.71. The van der Waals surface area contributed by atoms with Crippen LogP contribution in [-0.4, -0.2) is 13.1 Å². The van der Waals surface area contributed by atoms with Crippen LogP contribution in [0.3, 0.4) is 0 Å². The first kappa shape index (κ1) is 12.9. The van der Waals surface area contributed by atoms with Crippen molar-refractivity contribution < 1.29 is 0 Å². The first-order valence-electron chi connectivity index (χ1n) is 5.12. The van der Waals surface area contributed by atoms with Crippen LogP contribution in [0.25, 0.3) is 0 Å². The van der Waals surface area contributed by atoms with Crippen molar-refractivity contribution in [2.75, 3.05) is 17.7 Å². The summed E-state index contributed by atoms with van der Waals surface area (Å²) in [6.07, 6.45) is 0.506. The van der Waals surface area contributed by atoms with Gasteiger partial charge < -0.3 is 10.6 Å². The summed E-state index contributed by atoms with van der Waals surface area (Å²) in [5.74, 6) is 0. The molecule has 0 fully saturated rings. The first-order chi connectivity index (χ1) is 7.47. The quantitative estimate of drug-likeness (QED) is 0.867. The lowest BCUT2D eigenvalue weighted by molar-refractivity contribution is 0.701. The molecular weight excluding hydrogens is 266 g/mol. The highest BCUT2D eigenvalue weighted by molar-refractivity contribution is 9.10. The third kappa shape index (κ3) is 2.67. The number of rotatable bonds is 3. The summed E-state index contributed by atoms with van der Waals surface area (Å²) >= 11 is 3.50. The van der Waals surface area contributed by atoms with E-state index in [1.807, 2.05) is 33.0 Å². The van der Waals surface area contributed by atoms with E-state index in [1.165, 1.54) is 0 Å². The van der Waals surface area contributed by atoms with E-state index in [2.05, 4.69) is 26.9 Å². The van der Waals surface area contributed by atoms with E-state index in [1.54, 1.807) is 0 Å². The minimum absolute atomic E-state index is 0.185. The number of aryl methyl sites for hydroxylation is 1. The molecule has 86 valence electrons. The standard InChI is InChI=1S/C12H16BrN3/c1-8-6-12(10(13)7-11(8)15)16(3)9(2)4-5-14/h6-7,9H,4,15H2,1-3H3. The molecule has 0 aliphatic heterocycles. The number of nitrogens with two attached hydrogens (primary N) is 1. The maximum absolute atomic E-state index is 8.69. The molecule has 0 saturated carbocycles. The molecule has 16 heavy (non-hydrogen) atoms. The van der Waals surface area contributed by atoms with Crippen LogP contribution in [0.15, 0.2) is 16.6 Å². The van der Waals surface area contributed by atoms with Crippen LogP contribution in [0.4, 0.5) is 11.4 Å². The summed E-state index contributed by atoms with van der Waals surface area (Å²) < 4.78 is 0.961. The highest BCUT2D eigenvalue weighted by atomic mass is 79.9. The van der Waals surface area contributed by atoms with Gasteiger partial charge in [-0.15, -0.1) is 0 Å². The maximum Gasteiger partial charge on any atom is 0.0643 e. The molecule has 4 heteroatoms. The fourth-order valence-electron chi connectivity index (χ4n) is 1.46. The highest BCUT2D eigenvalue weighted by Gasteiger charge is 2.13. The Morgan fingerprint density at radius 3 is 2.75 bits per heavy atom. The van der Waals surface area contributed by atoms with Crippen molar-refractivity contribution in [2.24, 2.45) is 0 Å². The zero-order valence-electron chi connectivity index (χ0n) is 9.79. The third-order valence-corrected chi connectivity index (χ3v) is 3.40. The van der Waals surface area contributed by atoms with Gasteiger partial charge in [-0.3, -0.25) is 0 Å². The molecule has 0 bridgehead atoms. The Morgan fingerprint density at radius 1 is 1.56 bits per heavy atom. The largest absolute Gasteiger partial charge is 0.398 e. The SMILES string of the molecule is Cc1cc(N(C)C(C)CC#N)c(Br)cc1N. The van der Waals surface area contributed by atoms with Crippen molar-refractivity contribution >= 4 is 27.3 Å². The van der Waals surface area contributed by atoms with E-state index < -0.39 is 0 Å². The topological polar surface area (TPSA) is 53.0 Å². The van der Waals surface area contributed by atoms with Gasteiger partial charge >= 0.3 is 0 Å². The number of benzene rings is 1. The average molecular weight is 282 g/mol. The van der Waals surface area contributed by atoms with Crippen molar-refractivity contribution in [1.82, 2.24) is 0 Å². The lowest BCUT2D eigenvalue weighted by Gasteiger charge is -2.27. The number of anilines is 2. The molecule has 1 unspecified atom stereocenters. The van der Waals surface area contributed by atoms with Crippen LogP contribution in [-0.2, 0) is 0 Å². The summed E-state index contributed by atoms with van der Waals surface area (Å²) in [6.45, 7) is 4.01. The molecule has 0 saturated heterocycles. The molecule has 1 aromatic carbocycles. The van der Waals surface area contributed by atoms with Crippen LogP contribution in [0.1, 0.15) is 18.9 Å². The van der Waals surface area contributed by atoms with Gasteiger partial charge in [-0.2, -0.15) is 5.26 Å².